The van der Waals surface area contributed by atoms with Crippen LogP contribution in [0.2, 0.25) is 0 Å². The van der Waals surface area contributed by atoms with E-state index in [2.05, 4.69) is 9.47 Å². The third-order valence-corrected chi connectivity index (χ3v) is 1.06. The van der Waals surface area contributed by atoms with E-state index in [1.807, 2.05) is 0 Å². The van der Waals surface area contributed by atoms with E-state index in [4.69, 9.17) is 0 Å². The molecular weight excluding hydrogens is 177 g/mol. The standard InChI is InChI=1S/C6H9F3O3/c1-4(11-2)5(10)12-3-6(7,8)9/h4H,3H2,1-2H3. The van der Waals surface area contributed by atoms with Crippen LogP contribution >= 0.6 is 0 Å². The van der Waals surface area contributed by atoms with Crippen LogP contribution < -0.4 is 0 Å². The van der Waals surface area contributed by atoms with Crippen molar-refractivity contribution in [2.45, 2.75) is 19.2 Å². The molecule has 0 aliphatic rings. The Kier molecular flexibility index (Phi) is 4.02. The quantitative estimate of drug-likeness (QED) is 0.619. The van der Waals surface area contributed by atoms with Gasteiger partial charge in [-0.05, 0) is 6.92 Å². The first kappa shape index (κ1) is 11.2. The molecule has 0 radical (unpaired) electrons. The van der Waals surface area contributed by atoms with Crippen LogP contribution in [0.4, 0.5) is 13.2 Å². The molecule has 0 aromatic carbocycles. The summed E-state index contributed by atoms with van der Waals surface area (Å²) in [5, 5.41) is 0. The lowest BCUT2D eigenvalue weighted by Crippen LogP contribution is -2.27. The highest BCUT2D eigenvalue weighted by atomic mass is 19.4. The van der Waals surface area contributed by atoms with Gasteiger partial charge in [0, 0.05) is 7.11 Å². The second kappa shape index (κ2) is 4.30. The van der Waals surface area contributed by atoms with Crippen molar-refractivity contribution in [3.8, 4) is 0 Å². The zero-order valence-corrected chi connectivity index (χ0v) is 6.64. The van der Waals surface area contributed by atoms with Crippen LogP contribution in [0.25, 0.3) is 0 Å². The molecular formula is C6H9F3O3. The van der Waals surface area contributed by atoms with Crippen LogP contribution in [0.15, 0.2) is 0 Å². The van der Waals surface area contributed by atoms with Crippen molar-refractivity contribution >= 4 is 5.97 Å². The Morgan fingerprint density at radius 2 is 2.00 bits per heavy atom. The minimum absolute atomic E-state index is 0.965. The molecule has 0 N–H and O–H groups in total. The molecule has 0 rings (SSSR count). The maximum atomic E-state index is 11.5. The van der Waals surface area contributed by atoms with Crippen molar-refractivity contribution in [1.29, 1.82) is 0 Å². The monoisotopic (exact) mass is 186 g/mol. The van der Waals surface area contributed by atoms with Gasteiger partial charge in [0.05, 0.1) is 0 Å². The fourth-order valence-electron chi connectivity index (χ4n) is 0.367. The zero-order valence-electron chi connectivity index (χ0n) is 6.64. The highest BCUT2D eigenvalue weighted by Gasteiger charge is 2.30. The number of ether oxygens (including phenoxy) is 2. The minimum atomic E-state index is -4.48. The van der Waals surface area contributed by atoms with Crippen LogP contribution in [0.1, 0.15) is 6.92 Å². The third kappa shape index (κ3) is 4.95. The van der Waals surface area contributed by atoms with Crippen molar-refractivity contribution < 1.29 is 27.4 Å². The van der Waals surface area contributed by atoms with Gasteiger partial charge in [-0.2, -0.15) is 13.2 Å². The predicted octanol–water partition coefficient (Wildman–Crippen LogP) is 1.13. The van der Waals surface area contributed by atoms with Crippen molar-refractivity contribution in [1.82, 2.24) is 0 Å². The van der Waals surface area contributed by atoms with Gasteiger partial charge in [-0.3, -0.25) is 0 Å². The molecule has 0 fully saturated rings. The lowest BCUT2D eigenvalue weighted by atomic mass is 10.4. The first-order chi connectivity index (χ1) is 5.37. The molecule has 6 heteroatoms. The molecule has 0 heterocycles. The Morgan fingerprint density at radius 1 is 1.50 bits per heavy atom. The van der Waals surface area contributed by atoms with Crippen LogP contribution in [-0.2, 0) is 14.3 Å². The first-order valence-electron chi connectivity index (χ1n) is 3.13. The van der Waals surface area contributed by atoms with E-state index < -0.39 is 24.9 Å². The van der Waals surface area contributed by atoms with Gasteiger partial charge < -0.3 is 9.47 Å². The number of carbonyl (C=O) groups excluding carboxylic acids is 1. The maximum Gasteiger partial charge on any atom is 0.422 e. The molecule has 0 saturated heterocycles. The van der Waals surface area contributed by atoms with E-state index in [-0.39, 0.29) is 0 Å². The molecule has 72 valence electrons. The Labute approximate surface area is 67.4 Å². The molecule has 1 unspecified atom stereocenters. The van der Waals surface area contributed by atoms with E-state index >= 15 is 0 Å². The smallest absolute Gasteiger partial charge is 0.422 e. The molecule has 0 aliphatic heterocycles. The number of hydrogen-bond acceptors (Lipinski definition) is 3. The maximum absolute atomic E-state index is 11.5. The summed E-state index contributed by atoms with van der Waals surface area (Å²) in [6.45, 7) is -0.266. The van der Waals surface area contributed by atoms with Crippen molar-refractivity contribution in [2.75, 3.05) is 13.7 Å². The zero-order chi connectivity index (χ0) is 9.78. The fourth-order valence-corrected chi connectivity index (χ4v) is 0.367. The summed E-state index contributed by atoms with van der Waals surface area (Å²) in [6.07, 6.45) is -5.45. The van der Waals surface area contributed by atoms with Crippen LogP contribution in [0.3, 0.4) is 0 Å². The topological polar surface area (TPSA) is 35.5 Å². The average Bonchev–Trinajstić information content (AvgIpc) is 1.97. The number of carbonyl (C=O) groups is 1. The fraction of sp³-hybridized carbons (Fsp3) is 0.833. The van der Waals surface area contributed by atoms with E-state index in [1.165, 1.54) is 14.0 Å². The molecule has 0 aromatic heterocycles. The van der Waals surface area contributed by atoms with Gasteiger partial charge in [0.1, 0.15) is 0 Å². The van der Waals surface area contributed by atoms with Gasteiger partial charge in [0.15, 0.2) is 12.7 Å². The van der Waals surface area contributed by atoms with E-state index in [1.54, 1.807) is 0 Å². The normalized spacial score (nSPS) is 14.1. The molecule has 0 bridgehead atoms. The van der Waals surface area contributed by atoms with Crippen LogP contribution in [0, 0.1) is 0 Å². The summed E-state index contributed by atoms with van der Waals surface area (Å²) >= 11 is 0. The highest BCUT2D eigenvalue weighted by Crippen LogP contribution is 2.14. The Morgan fingerprint density at radius 3 is 2.33 bits per heavy atom. The summed E-state index contributed by atoms with van der Waals surface area (Å²) in [6, 6.07) is 0. The summed E-state index contributed by atoms with van der Waals surface area (Å²) in [4.78, 5) is 10.6. The molecule has 12 heavy (non-hydrogen) atoms. The van der Waals surface area contributed by atoms with E-state index in [0.717, 1.165) is 0 Å². The Balaban J connectivity index is 3.72. The Bertz CT molecular complexity index is 155. The number of esters is 1. The number of halogens is 3. The van der Waals surface area contributed by atoms with Gasteiger partial charge in [0.25, 0.3) is 0 Å². The van der Waals surface area contributed by atoms with Crippen molar-refractivity contribution in [3.63, 3.8) is 0 Å². The minimum Gasteiger partial charge on any atom is -0.454 e. The van der Waals surface area contributed by atoms with E-state index in [9.17, 15) is 18.0 Å². The SMILES string of the molecule is COC(C)C(=O)OCC(F)(F)F. The predicted molar refractivity (Wildman–Crippen MR) is 33.5 cm³/mol. The molecule has 0 aliphatic carbocycles. The highest BCUT2D eigenvalue weighted by molar-refractivity contribution is 5.74. The summed E-state index contributed by atoms with van der Waals surface area (Å²) < 4.78 is 42.7. The lowest BCUT2D eigenvalue weighted by Gasteiger charge is -2.10. The summed E-state index contributed by atoms with van der Waals surface area (Å²) in [7, 11) is 1.21. The molecule has 0 aromatic rings. The number of hydrogen-bond donors (Lipinski definition) is 0. The number of alkyl halides is 3. The van der Waals surface area contributed by atoms with Gasteiger partial charge in [-0.15, -0.1) is 0 Å². The summed E-state index contributed by atoms with van der Waals surface area (Å²) in [5.41, 5.74) is 0. The van der Waals surface area contributed by atoms with Crippen LogP contribution in [0.5, 0.6) is 0 Å². The van der Waals surface area contributed by atoms with Gasteiger partial charge in [-0.25, -0.2) is 4.79 Å². The lowest BCUT2D eigenvalue weighted by molar-refractivity contribution is -0.192. The molecule has 1 atom stereocenters. The van der Waals surface area contributed by atoms with Crippen molar-refractivity contribution in [2.24, 2.45) is 0 Å². The van der Waals surface area contributed by atoms with Crippen LogP contribution in [-0.4, -0.2) is 32.0 Å². The molecule has 0 amide bonds. The third-order valence-electron chi connectivity index (χ3n) is 1.06. The molecule has 0 saturated carbocycles. The number of rotatable bonds is 3. The number of methoxy groups -OCH3 is 1. The van der Waals surface area contributed by atoms with E-state index in [0.29, 0.717) is 0 Å². The summed E-state index contributed by atoms with van der Waals surface area (Å²) in [5.74, 6) is -1.02. The average molecular weight is 186 g/mol. The molecule has 0 spiro atoms. The first-order valence-corrected chi connectivity index (χ1v) is 3.13. The Hall–Kier alpha value is -0.780. The largest absolute Gasteiger partial charge is 0.454 e. The van der Waals surface area contributed by atoms with Crippen molar-refractivity contribution in [3.05, 3.63) is 0 Å². The second-order valence-electron chi connectivity index (χ2n) is 2.10. The van der Waals surface area contributed by atoms with Gasteiger partial charge >= 0.3 is 12.1 Å². The molecule has 3 nitrogen and oxygen atoms in total. The van der Waals surface area contributed by atoms with Gasteiger partial charge in [0.2, 0.25) is 0 Å². The second-order valence-corrected chi connectivity index (χ2v) is 2.10. The van der Waals surface area contributed by atoms with Gasteiger partial charge in [-0.1, -0.05) is 0 Å².